The highest BCUT2D eigenvalue weighted by atomic mass is 16.3. The number of amides is 1. The van der Waals surface area contributed by atoms with Crippen LogP contribution in [0, 0.1) is 0 Å². The summed E-state index contributed by atoms with van der Waals surface area (Å²) in [6.07, 6.45) is 59.0. The van der Waals surface area contributed by atoms with E-state index in [1.807, 2.05) is 6.08 Å². The molecule has 0 aromatic rings. The minimum absolute atomic E-state index is 0.114. The molecule has 0 aliphatic carbocycles. The summed E-state index contributed by atoms with van der Waals surface area (Å²) in [7, 11) is 0. The Labute approximate surface area is 288 Å². The molecule has 3 N–H and O–H groups in total. The Bertz CT molecular complexity index is 1010. The number of unbranched alkanes of at least 4 members (excludes halogenated alkanes) is 5. The molecule has 0 spiro atoms. The van der Waals surface area contributed by atoms with Crippen LogP contribution in [0.3, 0.4) is 0 Å². The summed E-state index contributed by atoms with van der Waals surface area (Å²) in [5.74, 6) is -0.114. The van der Waals surface area contributed by atoms with Crippen LogP contribution in [0.4, 0.5) is 0 Å². The maximum Gasteiger partial charge on any atom is 0.220 e. The molecule has 4 heteroatoms. The molecule has 2 unspecified atom stereocenters. The number of carbonyl (C=O) groups is 1. The van der Waals surface area contributed by atoms with Crippen molar-refractivity contribution in [3.63, 3.8) is 0 Å². The maximum atomic E-state index is 12.2. The third-order valence-electron chi connectivity index (χ3n) is 7.20. The number of hydrogen-bond donors (Lipinski definition) is 3. The van der Waals surface area contributed by atoms with Crippen LogP contribution in [-0.4, -0.2) is 34.9 Å². The summed E-state index contributed by atoms with van der Waals surface area (Å²) in [4.78, 5) is 12.2. The minimum atomic E-state index is -0.857. The molecular formula is C43H67NO3. The molecule has 0 bridgehead atoms. The number of aliphatic hydroxyl groups excluding tert-OH is 2. The lowest BCUT2D eigenvalue weighted by atomic mass is 10.1. The van der Waals surface area contributed by atoms with E-state index >= 15 is 0 Å². The van der Waals surface area contributed by atoms with Gasteiger partial charge in [-0.3, -0.25) is 4.79 Å². The van der Waals surface area contributed by atoms with E-state index < -0.39 is 12.1 Å². The van der Waals surface area contributed by atoms with Crippen molar-refractivity contribution >= 4 is 5.91 Å². The van der Waals surface area contributed by atoms with E-state index in [9.17, 15) is 15.0 Å². The first-order chi connectivity index (χ1) is 23.2. The molecule has 0 aliphatic rings. The lowest BCUT2D eigenvalue weighted by Crippen LogP contribution is -2.45. The monoisotopic (exact) mass is 646 g/mol. The van der Waals surface area contributed by atoms with Gasteiger partial charge in [0, 0.05) is 6.42 Å². The Morgan fingerprint density at radius 3 is 1.34 bits per heavy atom. The second-order valence-electron chi connectivity index (χ2n) is 11.6. The van der Waals surface area contributed by atoms with E-state index in [2.05, 4.69) is 129 Å². The number of aliphatic hydroxyl groups is 2. The Morgan fingerprint density at radius 1 is 0.532 bits per heavy atom. The third-order valence-corrected chi connectivity index (χ3v) is 7.20. The van der Waals surface area contributed by atoms with Crippen LogP contribution in [0.5, 0.6) is 0 Å². The van der Waals surface area contributed by atoms with Crippen LogP contribution < -0.4 is 5.32 Å². The highest BCUT2D eigenvalue weighted by Gasteiger charge is 2.17. The van der Waals surface area contributed by atoms with E-state index in [-0.39, 0.29) is 12.5 Å². The largest absolute Gasteiger partial charge is 0.394 e. The Balaban J connectivity index is 3.72. The zero-order chi connectivity index (χ0) is 34.3. The Morgan fingerprint density at radius 2 is 0.936 bits per heavy atom. The summed E-state index contributed by atoms with van der Waals surface area (Å²) < 4.78 is 0. The van der Waals surface area contributed by atoms with Crippen molar-refractivity contribution in [2.24, 2.45) is 0 Å². The van der Waals surface area contributed by atoms with Crippen molar-refractivity contribution < 1.29 is 15.0 Å². The fourth-order valence-electron chi connectivity index (χ4n) is 4.39. The van der Waals surface area contributed by atoms with Crippen molar-refractivity contribution in [3.05, 3.63) is 122 Å². The number of rotatable bonds is 30. The topological polar surface area (TPSA) is 69.6 Å². The molecule has 0 saturated carbocycles. The van der Waals surface area contributed by atoms with Crippen LogP contribution in [-0.2, 0) is 4.79 Å². The number of carbonyl (C=O) groups excluding carboxylic acids is 1. The van der Waals surface area contributed by atoms with E-state index in [1.54, 1.807) is 6.08 Å². The third kappa shape index (κ3) is 34.0. The predicted molar refractivity (Wildman–Crippen MR) is 206 cm³/mol. The van der Waals surface area contributed by atoms with Gasteiger partial charge in [-0.15, -0.1) is 0 Å². The van der Waals surface area contributed by atoms with Crippen LogP contribution in [0.15, 0.2) is 122 Å². The molecule has 0 aliphatic heterocycles. The predicted octanol–water partition coefficient (Wildman–Crippen LogP) is 11.1. The van der Waals surface area contributed by atoms with Crippen LogP contribution in [0.25, 0.3) is 0 Å². The number of hydrogen-bond acceptors (Lipinski definition) is 3. The second kappa shape index (κ2) is 37.2. The minimum Gasteiger partial charge on any atom is -0.394 e. The molecule has 47 heavy (non-hydrogen) atoms. The van der Waals surface area contributed by atoms with Crippen LogP contribution in [0.2, 0.25) is 0 Å². The highest BCUT2D eigenvalue weighted by Crippen LogP contribution is 2.06. The second-order valence-corrected chi connectivity index (χ2v) is 11.6. The molecule has 262 valence electrons. The first-order valence-corrected chi connectivity index (χ1v) is 18.2. The lowest BCUT2D eigenvalue weighted by molar-refractivity contribution is -0.123. The van der Waals surface area contributed by atoms with Gasteiger partial charge in [-0.2, -0.15) is 0 Å². The Hall–Kier alpha value is -3.21. The van der Waals surface area contributed by atoms with Crippen molar-refractivity contribution in [2.75, 3.05) is 6.61 Å². The average Bonchev–Trinajstić information content (AvgIpc) is 3.08. The fraction of sp³-hybridized carbons (Fsp3) is 0.512. The molecular weight excluding hydrogens is 578 g/mol. The number of nitrogens with one attached hydrogen (secondary N) is 1. The zero-order valence-electron chi connectivity index (χ0n) is 29.7. The van der Waals surface area contributed by atoms with E-state index in [0.717, 1.165) is 103 Å². The first kappa shape index (κ1) is 43.8. The molecule has 0 heterocycles. The molecule has 2 atom stereocenters. The summed E-state index contributed by atoms with van der Waals surface area (Å²) in [5.41, 5.74) is 0. The van der Waals surface area contributed by atoms with Gasteiger partial charge in [0.25, 0.3) is 0 Å². The van der Waals surface area contributed by atoms with Gasteiger partial charge in [0.15, 0.2) is 0 Å². The molecule has 1 amide bonds. The summed E-state index contributed by atoms with van der Waals surface area (Å²) in [5, 5.41) is 22.4. The highest BCUT2D eigenvalue weighted by molar-refractivity contribution is 5.76. The summed E-state index contributed by atoms with van der Waals surface area (Å²) >= 11 is 0. The van der Waals surface area contributed by atoms with Gasteiger partial charge in [0.05, 0.1) is 18.8 Å². The SMILES string of the molecule is CC/C=C\C/C=C\C/C=C\C/C=C\C/C=C\C/C=C\C/C=C\C/C=C\C/C=C\CCCCCC(=O)NC(CO)C(O)/C=C/CCCC. The summed E-state index contributed by atoms with van der Waals surface area (Å²) in [6.45, 7) is 4.00. The van der Waals surface area contributed by atoms with Gasteiger partial charge >= 0.3 is 0 Å². The van der Waals surface area contributed by atoms with Crippen LogP contribution >= 0.6 is 0 Å². The van der Waals surface area contributed by atoms with Gasteiger partial charge < -0.3 is 15.5 Å². The maximum absolute atomic E-state index is 12.2. The van der Waals surface area contributed by atoms with Crippen molar-refractivity contribution in [2.45, 2.75) is 135 Å². The first-order valence-electron chi connectivity index (χ1n) is 18.2. The molecule has 4 nitrogen and oxygen atoms in total. The average molecular weight is 646 g/mol. The van der Waals surface area contributed by atoms with Crippen molar-refractivity contribution in [1.82, 2.24) is 5.32 Å². The fourth-order valence-corrected chi connectivity index (χ4v) is 4.39. The van der Waals surface area contributed by atoms with E-state index in [4.69, 9.17) is 0 Å². The van der Waals surface area contributed by atoms with Gasteiger partial charge in [0.2, 0.25) is 5.91 Å². The molecule has 0 fully saturated rings. The Kier molecular flexibility index (Phi) is 34.7. The molecule has 0 aromatic carbocycles. The van der Waals surface area contributed by atoms with Crippen molar-refractivity contribution in [3.8, 4) is 0 Å². The van der Waals surface area contributed by atoms with Crippen LogP contribution in [0.1, 0.15) is 123 Å². The van der Waals surface area contributed by atoms with E-state index in [1.165, 1.54) is 0 Å². The van der Waals surface area contributed by atoms with E-state index in [0.29, 0.717) is 6.42 Å². The molecule has 0 rings (SSSR count). The lowest BCUT2D eigenvalue weighted by Gasteiger charge is -2.19. The summed E-state index contributed by atoms with van der Waals surface area (Å²) in [6, 6.07) is -0.644. The van der Waals surface area contributed by atoms with Crippen molar-refractivity contribution in [1.29, 1.82) is 0 Å². The number of allylic oxidation sites excluding steroid dienone is 19. The molecule has 0 radical (unpaired) electrons. The normalized spacial score (nSPS) is 14.6. The van der Waals surface area contributed by atoms with Gasteiger partial charge in [-0.05, 0) is 83.5 Å². The zero-order valence-corrected chi connectivity index (χ0v) is 29.7. The molecule has 0 aromatic heterocycles. The standard InChI is InChI=1S/C43H67NO3/c1-3-5-7-9-10-11-12-13-14-15-16-17-18-19-20-21-22-23-24-25-26-27-28-29-30-31-32-33-34-35-37-39-43(47)44-41(40-45)42(46)38-36-8-6-4-2/h5,7,10-11,13-14,16-17,19-20,22-23,25-26,28-29,31-32,36,38,41-42,45-46H,3-4,6,8-9,12,15,18,21,24,27,30,33-35,37,39-40H2,1-2H3,(H,44,47)/b7-5-,11-10-,14-13-,17-16-,20-19-,23-22-,26-25-,29-28-,32-31-,38-36+. The van der Waals surface area contributed by atoms with Gasteiger partial charge in [0.1, 0.15) is 0 Å². The van der Waals surface area contributed by atoms with Gasteiger partial charge in [-0.25, -0.2) is 0 Å². The molecule has 0 saturated heterocycles. The van der Waals surface area contributed by atoms with Gasteiger partial charge in [-0.1, -0.05) is 155 Å². The smallest absolute Gasteiger partial charge is 0.220 e. The quantitative estimate of drug-likeness (QED) is 0.0538.